The van der Waals surface area contributed by atoms with E-state index in [1.54, 1.807) is 13.8 Å². The first-order valence-electron chi connectivity index (χ1n) is 6.46. The Hall–Kier alpha value is -1.94. The molecule has 0 fully saturated rings. The van der Waals surface area contributed by atoms with Gasteiger partial charge in [-0.05, 0) is 38.0 Å². The van der Waals surface area contributed by atoms with Gasteiger partial charge >= 0.3 is 5.97 Å². The Labute approximate surface area is 119 Å². The lowest BCUT2D eigenvalue weighted by Gasteiger charge is -2.26. The van der Waals surface area contributed by atoms with E-state index in [4.69, 9.17) is 10.5 Å². The minimum atomic E-state index is -0.808. The Bertz CT molecular complexity index is 532. The summed E-state index contributed by atoms with van der Waals surface area (Å²) in [4.78, 5) is 22.9. The molecule has 108 valence electrons. The van der Waals surface area contributed by atoms with Crippen LogP contribution in [0.4, 0.5) is 0 Å². The van der Waals surface area contributed by atoms with Crippen molar-refractivity contribution >= 4 is 17.3 Å². The van der Waals surface area contributed by atoms with Crippen LogP contribution in [-0.2, 0) is 19.9 Å². The zero-order valence-electron chi connectivity index (χ0n) is 12.2. The van der Waals surface area contributed by atoms with Crippen molar-refractivity contribution in [3.05, 3.63) is 42.0 Å². The first-order chi connectivity index (χ1) is 9.26. The summed E-state index contributed by atoms with van der Waals surface area (Å²) in [6, 6.07) is 7.65. The van der Waals surface area contributed by atoms with E-state index in [1.807, 2.05) is 31.2 Å². The van der Waals surface area contributed by atoms with Gasteiger partial charge in [0.25, 0.3) is 0 Å². The molecule has 4 heteroatoms. The molecule has 0 aliphatic rings. The highest BCUT2D eigenvalue weighted by Crippen LogP contribution is 2.27. The molecular formula is C16H21NO3. The lowest BCUT2D eigenvalue weighted by Crippen LogP contribution is -2.28. The number of allylic oxidation sites excluding steroid dienone is 1. The molecule has 0 aliphatic carbocycles. The lowest BCUT2D eigenvalue weighted by molar-refractivity contribution is -0.158. The highest BCUT2D eigenvalue weighted by molar-refractivity contribution is 5.96. The fraction of sp³-hybridized carbons (Fsp3) is 0.375. The van der Waals surface area contributed by atoms with E-state index in [2.05, 4.69) is 6.58 Å². The van der Waals surface area contributed by atoms with Crippen LogP contribution in [0.1, 0.15) is 38.3 Å². The van der Waals surface area contributed by atoms with Gasteiger partial charge in [0.15, 0.2) is 5.78 Å². The molecule has 0 aliphatic heterocycles. The maximum Gasteiger partial charge on any atom is 0.314 e. The summed E-state index contributed by atoms with van der Waals surface area (Å²) in [6.45, 7) is 9.23. The third-order valence-electron chi connectivity index (χ3n) is 2.99. The predicted octanol–water partition coefficient (Wildman–Crippen LogP) is 2.42. The van der Waals surface area contributed by atoms with Crippen LogP contribution >= 0.6 is 0 Å². The summed E-state index contributed by atoms with van der Waals surface area (Å²) in [5.41, 5.74) is 7.15. The quantitative estimate of drug-likeness (QED) is 0.639. The zero-order chi connectivity index (χ0) is 15.3. The Balaban J connectivity index is 2.87. The van der Waals surface area contributed by atoms with Crippen molar-refractivity contribution in [3.63, 3.8) is 0 Å². The second kappa shape index (κ2) is 6.48. The molecule has 0 bridgehead atoms. The molecular weight excluding hydrogens is 254 g/mol. The van der Waals surface area contributed by atoms with Crippen molar-refractivity contribution in [1.82, 2.24) is 0 Å². The molecule has 0 amide bonds. The van der Waals surface area contributed by atoms with Crippen molar-refractivity contribution in [3.8, 4) is 0 Å². The lowest BCUT2D eigenvalue weighted by atomic mass is 9.94. The van der Waals surface area contributed by atoms with Gasteiger partial charge < -0.3 is 10.5 Å². The van der Waals surface area contributed by atoms with Crippen molar-refractivity contribution in [2.45, 2.75) is 32.8 Å². The molecule has 1 aromatic rings. The highest BCUT2D eigenvalue weighted by Gasteiger charge is 2.26. The summed E-state index contributed by atoms with van der Waals surface area (Å²) < 4.78 is 5.39. The molecule has 0 heterocycles. The number of carbonyl (C=O) groups is 2. The van der Waals surface area contributed by atoms with Crippen LogP contribution < -0.4 is 5.73 Å². The Morgan fingerprint density at radius 2 is 2.00 bits per heavy atom. The highest BCUT2D eigenvalue weighted by atomic mass is 16.6. The second-order valence-electron chi connectivity index (χ2n) is 5.27. The Kier molecular flexibility index (Phi) is 5.22. The van der Waals surface area contributed by atoms with E-state index in [0.29, 0.717) is 0 Å². The van der Waals surface area contributed by atoms with Crippen molar-refractivity contribution in [2.24, 2.45) is 5.73 Å². The third kappa shape index (κ3) is 4.31. The molecule has 20 heavy (non-hydrogen) atoms. The van der Waals surface area contributed by atoms with Crippen LogP contribution in [0.3, 0.4) is 0 Å². The van der Waals surface area contributed by atoms with Crippen LogP contribution in [-0.4, -0.2) is 18.3 Å². The van der Waals surface area contributed by atoms with Gasteiger partial charge in [-0.2, -0.15) is 0 Å². The third-order valence-corrected chi connectivity index (χ3v) is 2.99. The van der Waals surface area contributed by atoms with E-state index >= 15 is 0 Å². The fourth-order valence-electron chi connectivity index (χ4n) is 1.77. The number of carbonyl (C=O) groups excluding carboxylic acids is 2. The largest absolute Gasteiger partial charge is 0.454 e. The summed E-state index contributed by atoms with van der Waals surface area (Å²) in [5.74, 6) is -0.896. The topological polar surface area (TPSA) is 69.4 Å². The number of rotatable bonds is 6. The van der Waals surface area contributed by atoms with Crippen molar-refractivity contribution < 1.29 is 14.3 Å². The zero-order valence-corrected chi connectivity index (χ0v) is 12.2. The summed E-state index contributed by atoms with van der Waals surface area (Å²) >= 11 is 0. The van der Waals surface area contributed by atoms with E-state index < -0.39 is 11.6 Å². The molecule has 0 saturated carbocycles. The first-order valence-corrected chi connectivity index (χ1v) is 6.46. The maximum atomic E-state index is 11.7. The van der Waals surface area contributed by atoms with Crippen LogP contribution in [0.5, 0.6) is 0 Å². The smallest absolute Gasteiger partial charge is 0.314 e. The standard InChI is InChI=1S/C16H21NO3/c1-11(2)12-6-5-7-13(8-12)16(3,4)20-15(19)9-14(18)10-17/h5-8H,1,9-10,17H2,2-4H3. The normalized spacial score (nSPS) is 11.0. The van der Waals surface area contributed by atoms with Gasteiger partial charge in [0.05, 0.1) is 6.54 Å². The Morgan fingerprint density at radius 1 is 1.35 bits per heavy atom. The van der Waals surface area contributed by atoms with Gasteiger partial charge in [-0.15, -0.1) is 0 Å². The molecule has 0 atom stereocenters. The van der Waals surface area contributed by atoms with Gasteiger partial charge in [0, 0.05) is 0 Å². The second-order valence-corrected chi connectivity index (χ2v) is 5.27. The maximum absolute atomic E-state index is 11.7. The van der Waals surface area contributed by atoms with Crippen molar-refractivity contribution in [2.75, 3.05) is 6.54 Å². The SMILES string of the molecule is C=C(C)c1cccc(C(C)(C)OC(=O)CC(=O)CN)c1. The number of hydrogen-bond donors (Lipinski definition) is 1. The number of esters is 1. The molecule has 1 aromatic carbocycles. The van der Waals surface area contributed by atoms with E-state index in [0.717, 1.165) is 16.7 Å². The molecule has 0 unspecified atom stereocenters. The molecule has 4 nitrogen and oxygen atoms in total. The van der Waals surface area contributed by atoms with Crippen LogP contribution in [0, 0.1) is 0 Å². The minimum Gasteiger partial charge on any atom is -0.454 e. The summed E-state index contributed by atoms with van der Waals surface area (Å²) in [6.07, 6.45) is -0.292. The molecule has 0 saturated heterocycles. The molecule has 2 N–H and O–H groups in total. The van der Waals surface area contributed by atoms with Gasteiger partial charge in [-0.1, -0.05) is 30.4 Å². The summed E-state index contributed by atoms with van der Waals surface area (Å²) in [7, 11) is 0. The number of ether oxygens (including phenoxy) is 1. The van der Waals surface area contributed by atoms with Crippen LogP contribution in [0.15, 0.2) is 30.8 Å². The number of nitrogens with two attached hydrogens (primary N) is 1. The fourth-order valence-corrected chi connectivity index (χ4v) is 1.77. The van der Waals surface area contributed by atoms with Gasteiger partial charge in [-0.25, -0.2) is 0 Å². The average Bonchev–Trinajstić information content (AvgIpc) is 2.37. The summed E-state index contributed by atoms with van der Waals surface area (Å²) in [5, 5.41) is 0. The van der Waals surface area contributed by atoms with Crippen molar-refractivity contribution in [1.29, 1.82) is 0 Å². The Morgan fingerprint density at radius 3 is 2.55 bits per heavy atom. The molecule has 0 radical (unpaired) electrons. The average molecular weight is 275 g/mol. The molecule has 0 aromatic heterocycles. The van der Waals surface area contributed by atoms with Gasteiger partial charge in [-0.3, -0.25) is 9.59 Å². The number of Topliss-reactive ketones (excluding diaryl/α,β-unsaturated/α-hetero) is 1. The van der Waals surface area contributed by atoms with E-state index in [-0.39, 0.29) is 18.7 Å². The van der Waals surface area contributed by atoms with Crippen LogP contribution in [0.2, 0.25) is 0 Å². The van der Waals surface area contributed by atoms with Gasteiger partial charge in [0.1, 0.15) is 12.0 Å². The van der Waals surface area contributed by atoms with Gasteiger partial charge in [0.2, 0.25) is 0 Å². The number of hydrogen-bond acceptors (Lipinski definition) is 4. The monoisotopic (exact) mass is 275 g/mol. The predicted molar refractivity (Wildman–Crippen MR) is 78.9 cm³/mol. The molecule has 1 rings (SSSR count). The van der Waals surface area contributed by atoms with Crippen LogP contribution in [0.25, 0.3) is 5.57 Å². The minimum absolute atomic E-state index is 0.152. The number of ketones is 1. The molecule has 0 spiro atoms. The first kappa shape index (κ1) is 16.1. The van der Waals surface area contributed by atoms with E-state index in [1.165, 1.54) is 0 Å². The number of benzene rings is 1. The van der Waals surface area contributed by atoms with E-state index in [9.17, 15) is 9.59 Å².